The Morgan fingerprint density at radius 2 is 2.11 bits per heavy atom. The SMILES string of the molecule is C[C@@H]1CN(CCCNC(=O)C[C@H]2Sc3ccc(Cl)cc3NC2=O)C[C@@H](C)O1. The minimum Gasteiger partial charge on any atom is -0.373 e. The first-order valence-electron chi connectivity index (χ1n) is 9.32. The second-order valence-corrected chi connectivity index (χ2v) is 8.84. The van der Waals surface area contributed by atoms with Gasteiger partial charge < -0.3 is 15.4 Å². The van der Waals surface area contributed by atoms with Crippen LogP contribution in [0.5, 0.6) is 0 Å². The summed E-state index contributed by atoms with van der Waals surface area (Å²) in [5.41, 5.74) is 0.711. The summed E-state index contributed by atoms with van der Waals surface area (Å²) < 4.78 is 5.73. The predicted octanol–water partition coefficient (Wildman–Crippen LogP) is 2.76. The molecule has 2 aliphatic rings. The minimum atomic E-state index is -0.417. The molecule has 2 N–H and O–H groups in total. The van der Waals surface area contributed by atoms with Crippen molar-refractivity contribution < 1.29 is 14.3 Å². The van der Waals surface area contributed by atoms with Crippen LogP contribution < -0.4 is 10.6 Å². The van der Waals surface area contributed by atoms with Crippen LogP contribution >= 0.6 is 23.4 Å². The largest absolute Gasteiger partial charge is 0.373 e. The summed E-state index contributed by atoms with van der Waals surface area (Å²) in [7, 11) is 0. The van der Waals surface area contributed by atoms with Gasteiger partial charge in [0.25, 0.3) is 0 Å². The van der Waals surface area contributed by atoms with Gasteiger partial charge in [-0.1, -0.05) is 11.6 Å². The molecule has 0 aromatic heterocycles. The molecule has 2 amide bonds. The molecule has 8 heteroatoms. The highest BCUT2D eigenvalue weighted by molar-refractivity contribution is 8.01. The summed E-state index contributed by atoms with van der Waals surface area (Å²) >= 11 is 7.36. The number of hydrogen-bond donors (Lipinski definition) is 2. The van der Waals surface area contributed by atoms with Crippen LogP contribution in [0, 0.1) is 0 Å². The third-order valence-corrected chi connectivity index (χ3v) is 6.11. The molecule has 2 aliphatic heterocycles. The molecule has 6 nitrogen and oxygen atoms in total. The monoisotopic (exact) mass is 411 g/mol. The molecule has 1 saturated heterocycles. The molecule has 3 atom stereocenters. The maximum atomic E-state index is 12.2. The van der Waals surface area contributed by atoms with Crippen LogP contribution in [0.25, 0.3) is 0 Å². The number of carbonyl (C=O) groups is 2. The van der Waals surface area contributed by atoms with Crippen molar-refractivity contribution >= 4 is 40.9 Å². The third kappa shape index (κ3) is 5.85. The quantitative estimate of drug-likeness (QED) is 0.704. The van der Waals surface area contributed by atoms with Gasteiger partial charge in [-0.3, -0.25) is 14.5 Å². The topological polar surface area (TPSA) is 70.7 Å². The number of carbonyl (C=O) groups excluding carboxylic acids is 2. The number of thioether (sulfide) groups is 1. The standard InChI is InChI=1S/C19H26ClN3O3S/c1-12-10-23(11-13(2)26-12)7-3-6-21-18(24)9-17-19(25)22-15-8-14(20)4-5-16(15)27-17/h4-5,8,12-13,17H,3,6-7,9-11H2,1-2H3,(H,21,24)(H,22,25)/t12-,13-,17-/m1/s1. The number of halogens is 1. The average molecular weight is 412 g/mol. The van der Waals surface area contributed by atoms with E-state index in [1.54, 1.807) is 12.1 Å². The number of amides is 2. The Balaban J connectivity index is 1.39. The highest BCUT2D eigenvalue weighted by Gasteiger charge is 2.29. The molecule has 0 unspecified atom stereocenters. The Labute approximate surface area is 169 Å². The Hall–Kier alpha value is -1.28. The first-order chi connectivity index (χ1) is 12.9. The normalized spacial score (nSPS) is 25.6. The van der Waals surface area contributed by atoms with Crippen LogP contribution in [0.15, 0.2) is 23.1 Å². The molecule has 2 heterocycles. The number of hydrogen-bond acceptors (Lipinski definition) is 5. The van der Waals surface area contributed by atoms with E-state index in [9.17, 15) is 9.59 Å². The summed E-state index contributed by atoms with van der Waals surface area (Å²) in [5, 5.41) is 5.93. The van der Waals surface area contributed by atoms with Crippen LogP contribution in [-0.2, 0) is 14.3 Å². The Morgan fingerprint density at radius 1 is 1.37 bits per heavy atom. The molecule has 0 saturated carbocycles. The van der Waals surface area contributed by atoms with Crippen molar-refractivity contribution in [3.05, 3.63) is 23.2 Å². The first kappa shape index (κ1) is 20.5. The van der Waals surface area contributed by atoms with Crippen molar-refractivity contribution in [2.75, 3.05) is 31.5 Å². The molecule has 1 aromatic rings. The van der Waals surface area contributed by atoms with Gasteiger partial charge in [0.05, 0.1) is 23.1 Å². The molecule has 0 spiro atoms. The van der Waals surface area contributed by atoms with Crippen LogP contribution in [0.2, 0.25) is 5.02 Å². The Morgan fingerprint density at radius 3 is 2.85 bits per heavy atom. The van der Waals surface area contributed by atoms with Gasteiger partial charge in [0, 0.05) is 42.5 Å². The number of benzene rings is 1. The van der Waals surface area contributed by atoms with E-state index in [0.717, 1.165) is 31.0 Å². The highest BCUT2D eigenvalue weighted by atomic mass is 35.5. The fourth-order valence-corrected chi connectivity index (χ4v) is 4.76. The van der Waals surface area contributed by atoms with E-state index in [1.165, 1.54) is 11.8 Å². The van der Waals surface area contributed by atoms with Crippen molar-refractivity contribution in [2.24, 2.45) is 0 Å². The zero-order valence-corrected chi connectivity index (χ0v) is 17.2. The van der Waals surface area contributed by atoms with E-state index in [-0.39, 0.29) is 30.4 Å². The number of anilines is 1. The fraction of sp³-hybridized carbons (Fsp3) is 0.579. The smallest absolute Gasteiger partial charge is 0.238 e. The van der Waals surface area contributed by atoms with E-state index in [2.05, 4.69) is 29.4 Å². The molecule has 1 aromatic carbocycles. The minimum absolute atomic E-state index is 0.0937. The van der Waals surface area contributed by atoms with Gasteiger partial charge in [-0.2, -0.15) is 0 Å². The highest BCUT2D eigenvalue weighted by Crippen LogP contribution is 2.38. The van der Waals surface area contributed by atoms with Crippen LogP contribution in [-0.4, -0.2) is 60.4 Å². The first-order valence-corrected chi connectivity index (χ1v) is 10.6. The summed E-state index contributed by atoms with van der Waals surface area (Å²) in [5.74, 6) is -0.245. The lowest BCUT2D eigenvalue weighted by Crippen LogP contribution is -2.46. The maximum Gasteiger partial charge on any atom is 0.238 e. The number of ether oxygens (including phenoxy) is 1. The summed E-state index contributed by atoms with van der Waals surface area (Å²) in [6, 6.07) is 5.39. The van der Waals surface area contributed by atoms with E-state index in [0.29, 0.717) is 17.3 Å². The number of nitrogens with one attached hydrogen (secondary N) is 2. The second kappa shape index (κ2) is 9.28. The van der Waals surface area contributed by atoms with Gasteiger partial charge in [-0.05, 0) is 38.5 Å². The van der Waals surface area contributed by atoms with E-state index >= 15 is 0 Å². The zero-order valence-electron chi connectivity index (χ0n) is 15.7. The number of fused-ring (bicyclic) bond motifs is 1. The van der Waals surface area contributed by atoms with E-state index < -0.39 is 5.25 Å². The van der Waals surface area contributed by atoms with Gasteiger partial charge in [0.1, 0.15) is 0 Å². The predicted molar refractivity (Wildman–Crippen MR) is 108 cm³/mol. The molecule has 27 heavy (non-hydrogen) atoms. The molecular formula is C19H26ClN3O3S. The van der Waals surface area contributed by atoms with Crippen LogP contribution in [0.1, 0.15) is 26.7 Å². The molecule has 0 bridgehead atoms. The fourth-order valence-electron chi connectivity index (χ4n) is 3.50. The molecule has 0 aliphatic carbocycles. The van der Waals surface area contributed by atoms with Gasteiger partial charge in [-0.25, -0.2) is 0 Å². The lowest BCUT2D eigenvalue weighted by molar-refractivity contribution is -0.124. The summed E-state index contributed by atoms with van der Waals surface area (Å²) in [6.07, 6.45) is 1.56. The van der Waals surface area contributed by atoms with Gasteiger partial charge in [0.2, 0.25) is 11.8 Å². The molecule has 3 rings (SSSR count). The second-order valence-electron chi connectivity index (χ2n) is 7.16. The zero-order chi connectivity index (χ0) is 19.4. The van der Waals surface area contributed by atoms with Gasteiger partial charge in [-0.15, -0.1) is 11.8 Å². The molecule has 148 valence electrons. The summed E-state index contributed by atoms with van der Waals surface area (Å²) in [6.45, 7) is 7.59. The van der Waals surface area contributed by atoms with Crippen molar-refractivity contribution in [1.82, 2.24) is 10.2 Å². The van der Waals surface area contributed by atoms with Gasteiger partial charge >= 0.3 is 0 Å². The van der Waals surface area contributed by atoms with Crippen molar-refractivity contribution in [3.63, 3.8) is 0 Å². The Kier molecular flexibility index (Phi) is 7.03. The lowest BCUT2D eigenvalue weighted by Gasteiger charge is -2.35. The van der Waals surface area contributed by atoms with E-state index in [4.69, 9.17) is 16.3 Å². The molecule has 0 radical (unpaired) electrons. The van der Waals surface area contributed by atoms with Crippen molar-refractivity contribution in [1.29, 1.82) is 0 Å². The molecule has 1 fully saturated rings. The Bertz CT molecular complexity index is 693. The average Bonchev–Trinajstić information content (AvgIpc) is 2.59. The number of nitrogens with zero attached hydrogens (tertiary/aromatic N) is 1. The van der Waals surface area contributed by atoms with E-state index in [1.807, 2.05) is 6.07 Å². The lowest BCUT2D eigenvalue weighted by atomic mass is 10.2. The van der Waals surface area contributed by atoms with Crippen LogP contribution in [0.3, 0.4) is 0 Å². The van der Waals surface area contributed by atoms with Crippen LogP contribution in [0.4, 0.5) is 5.69 Å². The van der Waals surface area contributed by atoms with Crippen molar-refractivity contribution in [3.8, 4) is 0 Å². The van der Waals surface area contributed by atoms with Gasteiger partial charge in [0.15, 0.2) is 0 Å². The number of morpholine rings is 1. The summed E-state index contributed by atoms with van der Waals surface area (Å²) in [4.78, 5) is 27.8. The van der Waals surface area contributed by atoms with Crippen molar-refractivity contribution in [2.45, 2.75) is 49.0 Å². The molecular weight excluding hydrogens is 386 g/mol. The third-order valence-electron chi connectivity index (χ3n) is 4.60. The maximum absolute atomic E-state index is 12.2. The number of rotatable bonds is 6.